The van der Waals surface area contributed by atoms with Crippen molar-refractivity contribution in [1.82, 2.24) is 10.6 Å². The fourth-order valence-electron chi connectivity index (χ4n) is 3.21. The first kappa shape index (κ1) is 18.8. The van der Waals surface area contributed by atoms with Crippen LogP contribution in [0.4, 0.5) is 11.4 Å². The van der Waals surface area contributed by atoms with Crippen molar-refractivity contribution >= 4 is 23.2 Å². The summed E-state index contributed by atoms with van der Waals surface area (Å²) in [4.78, 5) is 16.2. The lowest BCUT2D eigenvalue weighted by atomic mass is 9.90. The summed E-state index contributed by atoms with van der Waals surface area (Å²) in [5.74, 6) is 0.974. The Bertz CT molecular complexity index is 775. The van der Waals surface area contributed by atoms with E-state index in [-0.39, 0.29) is 11.8 Å². The van der Waals surface area contributed by atoms with Gasteiger partial charge in [-0.25, -0.2) is 0 Å². The van der Waals surface area contributed by atoms with E-state index in [1.54, 1.807) is 7.05 Å². The van der Waals surface area contributed by atoms with Crippen molar-refractivity contribution in [1.29, 1.82) is 0 Å². The molecule has 0 radical (unpaired) electrons. The first-order valence-corrected chi connectivity index (χ1v) is 9.38. The van der Waals surface area contributed by atoms with Gasteiger partial charge in [0, 0.05) is 50.4 Å². The number of hydrogen-bond acceptors (Lipinski definition) is 3. The van der Waals surface area contributed by atoms with Crippen molar-refractivity contribution < 1.29 is 4.79 Å². The number of guanidine groups is 1. The lowest BCUT2D eigenvalue weighted by molar-refractivity contribution is -0.116. The summed E-state index contributed by atoms with van der Waals surface area (Å²) >= 11 is 0. The van der Waals surface area contributed by atoms with Crippen molar-refractivity contribution in [2.45, 2.75) is 18.8 Å². The van der Waals surface area contributed by atoms with Gasteiger partial charge in [0.05, 0.1) is 0 Å². The van der Waals surface area contributed by atoms with Crippen molar-refractivity contribution in [2.75, 3.05) is 37.3 Å². The number of aliphatic imine (C=N–C) groups is 1. The molecule has 1 aliphatic rings. The first-order chi connectivity index (χ1) is 13.3. The topological polar surface area (TPSA) is 77.6 Å². The van der Waals surface area contributed by atoms with Gasteiger partial charge >= 0.3 is 0 Å². The highest BCUT2D eigenvalue weighted by Gasteiger charge is 2.24. The fraction of sp³-hybridized carbons (Fsp3) is 0.333. The molecule has 2 aromatic carbocycles. The minimum absolute atomic E-state index is 0.0652. The quantitative estimate of drug-likeness (QED) is 0.346. The lowest BCUT2D eigenvalue weighted by Gasteiger charge is -2.26. The molecule has 0 spiro atoms. The number of amides is 1. The van der Waals surface area contributed by atoms with Gasteiger partial charge in [-0.15, -0.1) is 0 Å². The van der Waals surface area contributed by atoms with Crippen LogP contribution in [-0.2, 0) is 4.79 Å². The number of rotatable bonds is 7. The number of fused-ring (bicyclic) bond motifs is 1. The van der Waals surface area contributed by atoms with Gasteiger partial charge in [-0.05, 0) is 30.2 Å². The number of hydrogen-bond donors (Lipinski definition) is 4. The third-order valence-corrected chi connectivity index (χ3v) is 4.59. The monoisotopic (exact) mass is 365 g/mol. The van der Waals surface area contributed by atoms with Crippen LogP contribution < -0.4 is 21.3 Å². The van der Waals surface area contributed by atoms with Gasteiger partial charge < -0.3 is 21.3 Å². The molecule has 0 aromatic heterocycles. The zero-order chi connectivity index (χ0) is 18.9. The maximum atomic E-state index is 11.9. The van der Waals surface area contributed by atoms with E-state index in [9.17, 15) is 4.79 Å². The predicted octanol–water partition coefficient (Wildman–Crippen LogP) is 2.78. The smallest absolute Gasteiger partial charge is 0.225 e. The summed E-state index contributed by atoms with van der Waals surface area (Å²) in [6, 6.07) is 18.2. The molecule has 0 saturated carbocycles. The standard InChI is InChI=1S/C21H27N5O/c1-22-21(24-13-7-12-23-17-8-3-2-4-9-17)25-15-16-14-20(27)26-19-11-6-5-10-18(16)19/h2-6,8-11,16,23H,7,12-15H2,1H3,(H,26,27)(H2,22,24,25). The van der Waals surface area contributed by atoms with Crippen molar-refractivity contribution in [3.63, 3.8) is 0 Å². The molecule has 1 aliphatic heterocycles. The molecular weight excluding hydrogens is 338 g/mol. The molecule has 3 rings (SSSR count). The molecular formula is C21H27N5O. The second-order valence-corrected chi connectivity index (χ2v) is 6.56. The predicted molar refractivity (Wildman–Crippen MR) is 111 cm³/mol. The largest absolute Gasteiger partial charge is 0.385 e. The molecule has 1 atom stereocenters. The van der Waals surface area contributed by atoms with Gasteiger partial charge in [-0.2, -0.15) is 0 Å². The summed E-state index contributed by atoms with van der Waals surface area (Å²) in [5, 5.41) is 13.0. The second-order valence-electron chi connectivity index (χ2n) is 6.56. The number of nitrogens with one attached hydrogen (secondary N) is 4. The molecule has 142 valence electrons. The van der Waals surface area contributed by atoms with Crippen molar-refractivity contribution in [2.24, 2.45) is 4.99 Å². The molecule has 0 bridgehead atoms. The Morgan fingerprint density at radius 3 is 2.67 bits per heavy atom. The SMILES string of the molecule is CN=C(NCCCNc1ccccc1)NCC1CC(=O)Nc2ccccc21. The van der Waals surface area contributed by atoms with Gasteiger partial charge in [0.1, 0.15) is 0 Å². The van der Waals surface area contributed by atoms with Crippen LogP contribution in [-0.4, -0.2) is 38.5 Å². The van der Waals surface area contributed by atoms with Crippen LogP contribution in [0.5, 0.6) is 0 Å². The van der Waals surface area contributed by atoms with E-state index in [1.807, 2.05) is 36.4 Å². The minimum atomic E-state index is 0.0652. The number of nitrogens with zero attached hydrogens (tertiary/aromatic N) is 1. The van der Waals surface area contributed by atoms with E-state index < -0.39 is 0 Å². The molecule has 0 saturated heterocycles. The first-order valence-electron chi connectivity index (χ1n) is 9.38. The summed E-state index contributed by atoms with van der Waals surface area (Å²) in [6.07, 6.45) is 1.46. The summed E-state index contributed by atoms with van der Waals surface area (Å²) in [6.45, 7) is 2.39. The van der Waals surface area contributed by atoms with Crippen molar-refractivity contribution in [3.8, 4) is 0 Å². The molecule has 4 N–H and O–H groups in total. The van der Waals surface area contributed by atoms with Crippen LogP contribution in [0, 0.1) is 0 Å². The number of carbonyl (C=O) groups excluding carboxylic acids is 1. The Labute approximate surface area is 160 Å². The maximum Gasteiger partial charge on any atom is 0.225 e. The van der Waals surface area contributed by atoms with Crippen LogP contribution in [0.2, 0.25) is 0 Å². The second kappa shape index (κ2) is 9.62. The molecule has 27 heavy (non-hydrogen) atoms. The van der Waals surface area contributed by atoms with E-state index in [0.717, 1.165) is 36.8 Å². The van der Waals surface area contributed by atoms with E-state index in [2.05, 4.69) is 44.5 Å². The van der Waals surface area contributed by atoms with Gasteiger partial charge in [-0.1, -0.05) is 36.4 Å². The normalized spacial score (nSPS) is 16.3. The number of carbonyl (C=O) groups is 1. The highest BCUT2D eigenvalue weighted by atomic mass is 16.1. The van der Waals surface area contributed by atoms with Crippen molar-refractivity contribution in [3.05, 3.63) is 60.2 Å². The number of anilines is 2. The van der Waals surface area contributed by atoms with Crippen LogP contribution in [0.25, 0.3) is 0 Å². The average Bonchev–Trinajstić information content (AvgIpc) is 2.70. The Balaban J connectivity index is 1.41. The van der Waals surface area contributed by atoms with E-state index in [0.29, 0.717) is 13.0 Å². The van der Waals surface area contributed by atoms with Gasteiger partial charge in [0.2, 0.25) is 5.91 Å². The molecule has 0 aliphatic carbocycles. The van der Waals surface area contributed by atoms with E-state index >= 15 is 0 Å². The zero-order valence-electron chi connectivity index (χ0n) is 15.7. The minimum Gasteiger partial charge on any atom is -0.385 e. The Morgan fingerprint density at radius 2 is 1.85 bits per heavy atom. The van der Waals surface area contributed by atoms with Crippen LogP contribution >= 0.6 is 0 Å². The lowest BCUT2D eigenvalue weighted by Crippen LogP contribution is -2.41. The Hall–Kier alpha value is -3.02. The Morgan fingerprint density at radius 1 is 1.07 bits per heavy atom. The molecule has 1 unspecified atom stereocenters. The molecule has 0 fully saturated rings. The fourth-order valence-corrected chi connectivity index (χ4v) is 3.21. The summed E-state index contributed by atoms with van der Waals surface area (Å²) in [5.41, 5.74) is 3.22. The maximum absolute atomic E-state index is 11.9. The van der Waals surface area contributed by atoms with Crippen LogP contribution in [0.1, 0.15) is 24.3 Å². The zero-order valence-corrected chi connectivity index (χ0v) is 15.7. The van der Waals surface area contributed by atoms with Crippen LogP contribution in [0.15, 0.2) is 59.6 Å². The summed E-state index contributed by atoms with van der Waals surface area (Å²) < 4.78 is 0. The molecule has 6 nitrogen and oxygen atoms in total. The molecule has 2 aromatic rings. The highest BCUT2D eigenvalue weighted by molar-refractivity contribution is 5.94. The van der Waals surface area contributed by atoms with E-state index in [1.165, 1.54) is 5.56 Å². The third kappa shape index (κ3) is 5.48. The Kier molecular flexibility index (Phi) is 6.68. The third-order valence-electron chi connectivity index (χ3n) is 4.59. The van der Waals surface area contributed by atoms with Gasteiger partial charge in [0.15, 0.2) is 5.96 Å². The average molecular weight is 365 g/mol. The number of para-hydroxylation sites is 2. The highest BCUT2D eigenvalue weighted by Crippen LogP contribution is 2.31. The summed E-state index contributed by atoms with van der Waals surface area (Å²) in [7, 11) is 1.76. The van der Waals surface area contributed by atoms with Crippen LogP contribution in [0.3, 0.4) is 0 Å². The molecule has 1 amide bonds. The van der Waals surface area contributed by atoms with Gasteiger partial charge in [0.25, 0.3) is 0 Å². The van der Waals surface area contributed by atoms with E-state index in [4.69, 9.17) is 0 Å². The number of benzene rings is 2. The molecule has 6 heteroatoms. The molecule has 1 heterocycles. The van der Waals surface area contributed by atoms with Gasteiger partial charge in [-0.3, -0.25) is 9.79 Å².